The molecule has 0 unspecified atom stereocenters. The first kappa shape index (κ1) is 25.4. The number of rotatable bonds is 14. The van der Waals surface area contributed by atoms with Gasteiger partial charge in [-0.1, -0.05) is 57.9 Å². The Balaban J connectivity index is 1.64. The topological polar surface area (TPSA) is 70.2 Å². The zero-order chi connectivity index (χ0) is 23.2. The first-order chi connectivity index (χ1) is 15.5. The maximum absolute atomic E-state index is 12.3. The number of aryl methyl sites for hydroxylation is 2. The van der Waals surface area contributed by atoms with Gasteiger partial charge in [-0.25, -0.2) is 0 Å². The molecule has 2 rings (SSSR count). The van der Waals surface area contributed by atoms with Gasteiger partial charge < -0.3 is 16.0 Å². The van der Waals surface area contributed by atoms with Crippen molar-refractivity contribution in [3.8, 4) is 0 Å². The highest BCUT2D eigenvalue weighted by atomic mass is 16.2. The Morgan fingerprint density at radius 3 is 2.03 bits per heavy atom. The molecule has 0 radical (unpaired) electrons. The van der Waals surface area contributed by atoms with Gasteiger partial charge in [-0.05, 0) is 67.8 Å². The van der Waals surface area contributed by atoms with Crippen LogP contribution in [0.3, 0.4) is 0 Å². The molecule has 0 saturated carbocycles. The summed E-state index contributed by atoms with van der Waals surface area (Å²) < 4.78 is 0. The number of amides is 2. The summed E-state index contributed by atoms with van der Waals surface area (Å²) in [6.07, 6.45) is 9.99. The van der Waals surface area contributed by atoms with Gasteiger partial charge in [0.1, 0.15) is 0 Å². The number of carbonyl (C=O) groups excluding carboxylic acids is 2. The molecule has 2 aromatic rings. The van der Waals surface area contributed by atoms with Crippen LogP contribution in [0.5, 0.6) is 0 Å². The van der Waals surface area contributed by atoms with Crippen molar-refractivity contribution in [3.05, 3.63) is 59.2 Å². The molecule has 2 aromatic carbocycles. The number of carbonyl (C=O) groups is 2. The van der Waals surface area contributed by atoms with Gasteiger partial charge in [0.2, 0.25) is 5.91 Å². The van der Waals surface area contributed by atoms with Crippen LogP contribution in [0.15, 0.2) is 42.5 Å². The van der Waals surface area contributed by atoms with Crippen LogP contribution in [0.2, 0.25) is 0 Å². The van der Waals surface area contributed by atoms with Gasteiger partial charge >= 0.3 is 0 Å². The molecule has 0 fully saturated rings. The van der Waals surface area contributed by atoms with E-state index in [1.54, 1.807) is 24.3 Å². The number of unbranched alkanes of at least 4 members (excludes halogenated alkanes) is 7. The van der Waals surface area contributed by atoms with E-state index in [4.69, 9.17) is 0 Å². The van der Waals surface area contributed by atoms with Crippen molar-refractivity contribution < 1.29 is 9.59 Å². The zero-order valence-electron chi connectivity index (χ0n) is 19.9. The van der Waals surface area contributed by atoms with Gasteiger partial charge in [0.25, 0.3) is 5.91 Å². The molecule has 0 aliphatic heterocycles. The summed E-state index contributed by atoms with van der Waals surface area (Å²) in [6, 6.07) is 13.1. The summed E-state index contributed by atoms with van der Waals surface area (Å²) in [5.41, 5.74) is 4.62. The van der Waals surface area contributed by atoms with Crippen molar-refractivity contribution in [2.45, 2.75) is 72.1 Å². The van der Waals surface area contributed by atoms with Gasteiger partial charge in [0.05, 0.1) is 6.54 Å². The number of hydrogen-bond acceptors (Lipinski definition) is 3. The number of benzene rings is 2. The van der Waals surface area contributed by atoms with E-state index in [9.17, 15) is 9.59 Å². The molecular formula is C27H39N3O2. The predicted octanol–water partition coefficient (Wildman–Crippen LogP) is 6.22. The maximum Gasteiger partial charge on any atom is 0.251 e. The second-order valence-corrected chi connectivity index (χ2v) is 8.51. The minimum Gasteiger partial charge on any atom is -0.376 e. The summed E-state index contributed by atoms with van der Waals surface area (Å²) in [5, 5.41) is 8.97. The third kappa shape index (κ3) is 9.54. The van der Waals surface area contributed by atoms with Gasteiger partial charge in [0, 0.05) is 23.5 Å². The van der Waals surface area contributed by atoms with Gasteiger partial charge in [0.15, 0.2) is 0 Å². The molecule has 0 aliphatic carbocycles. The fourth-order valence-electron chi connectivity index (χ4n) is 3.51. The second-order valence-electron chi connectivity index (χ2n) is 8.51. The summed E-state index contributed by atoms with van der Waals surface area (Å²) in [5.74, 6) is -0.197. The van der Waals surface area contributed by atoms with Crippen LogP contribution in [0.1, 0.15) is 79.8 Å². The Morgan fingerprint density at radius 1 is 0.750 bits per heavy atom. The monoisotopic (exact) mass is 437 g/mol. The van der Waals surface area contributed by atoms with E-state index in [-0.39, 0.29) is 18.4 Å². The van der Waals surface area contributed by atoms with Crippen molar-refractivity contribution >= 4 is 23.2 Å². The van der Waals surface area contributed by atoms with Crippen molar-refractivity contribution in [2.75, 3.05) is 23.7 Å². The number of nitrogens with one attached hydrogen (secondary N) is 3. The largest absolute Gasteiger partial charge is 0.376 e. The fourth-order valence-corrected chi connectivity index (χ4v) is 3.51. The highest BCUT2D eigenvalue weighted by molar-refractivity contribution is 5.96. The van der Waals surface area contributed by atoms with Crippen molar-refractivity contribution in [1.29, 1.82) is 0 Å². The van der Waals surface area contributed by atoms with Crippen LogP contribution in [0.25, 0.3) is 0 Å². The van der Waals surface area contributed by atoms with E-state index in [0.29, 0.717) is 17.8 Å². The van der Waals surface area contributed by atoms with Crippen LogP contribution in [0, 0.1) is 13.8 Å². The lowest BCUT2D eigenvalue weighted by atomic mass is 10.1. The van der Waals surface area contributed by atoms with Crippen molar-refractivity contribution in [1.82, 2.24) is 5.32 Å². The molecule has 5 heteroatoms. The summed E-state index contributed by atoms with van der Waals surface area (Å²) in [7, 11) is 0. The first-order valence-electron chi connectivity index (χ1n) is 12.0. The molecule has 0 aromatic heterocycles. The molecule has 2 amide bonds. The first-order valence-corrected chi connectivity index (χ1v) is 12.0. The van der Waals surface area contributed by atoms with Crippen LogP contribution in [-0.4, -0.2) is 24.9 Å². The molecule has 174 valence electrons. The van der Waals surface area contributed by atoms with Crippen LogP contribution in [0.4, 0.5) is 11.4 Å². The molecular weight excluding hydrogens is 398 g/mol. The highest BCUT2D eigenvalue weighted by Crippen LogP contribution is 2.14. The summed E-state index contributed by atoms with van der Waals surface area (Å²) >= 11 is 0. The van der Waals surface area contributed by atoms with Gasteiger partial charge in [-0.2, -0.15) is 0 Å². The lowest BCUT2D eigenvalue weighted by Crippen LogP contribution is -2.24. The standard InChI is InChI=1S/C27H39N3O2/c1-4-5-6-7-8-9-10-11-18-28-27(32)23-13-16-24(17-14-23)30-26(31)20-29-25-15-12-21(2)22(3)19-25/h12-17,19,29H,4-11,18,20H2,1-3H3,(H,28,32)(H,30,31). The third-order valence-electron chi connectivity index (χ3n) is 5.71. The fraction of sp³-hybridized carbons (Fsp3) is 0.481. The van der Waals surface area contributed by atoms with E-state index < -0.39 is 0 Å². The minimum absolute atomic E-state index is 0.0674. The summed E-state index contributed by atoms with van der Waals surface area (Å²) in [4.78, 5) is 24.5. The predicted molar refractivity (Wildman–Crippen MR) is 134 cm³/mol. The smallest absolute Gasteiger partial charge is 0.251 e. The third-order valence-corrected chi connectivity index (χ3v) is 5.71. The molecule has 0 bridgehead atoms. The second kappa shape index (κ2) is 14.3. The Hall–Kier alpha value is -2.82. The molecule has 0 heterocycles. The molecule has 0 aliphatic rings. The maximum atomic E-state index is 12.3. The molecule has 0 spiro atoms. The molecule has 0 saturated heterocycles. The van der Waals surface area contributed by atoms with E-state index in [1.165, 1.54) is 49.7 Å². The molecule has 5 nitrogen and oxygen atoms in total. The summed E-state index contributed by atoms with van der Waals surface area (Å²) in [6.45, 7) is 7.23. The van der Waals surface area contributed by atoms with E-state index in [0.717, 1.165) is 18.5 Å². The van der Waals surface area contributed by atoms with Crippen LogP contribution >= 0.6 is 0 Å². The minimum atomic E-state index is -0.130. The lowest BCUT2D eigenvalue weighted by Gasteiger charge is -2.10. The van der Waals surface area contributed by atoms with Crippen LogP contribution in [-0.2, 0) is 4.79 Å². The molecule has 32 heavy (non-hydrogen) atoms. The molecule has 0 atom stereocenters. The van der Waals surface area contributed by atoms with E-state index in [2.05, 4.69) is 29.8 Å². The zero-order valence-corrected chi connectivity index (χ0v) is 19.9. The Labute approximate surface area is 193 Å². The number of anilines is 2. The Morgan fingerprint density at radius 2 is 1.38 bits per heavy atom. The number of hydrogen-bond donors (Lipinski definition) is 3. The molecule has 3 N–H and O–H groups in total. The normalized spacial score (nSPS) is 10.6. The van der Waals surface area contributed by atoms with Crippen LogP contribution < -0.4 is 16.0 Å². The van der Waals surface area contributed by atoms with Gasteiger partial charge in [-0.3, -0.25) is 9.59 Å². The van der Waals surface area contributed by atoms with E-state index in [1.807, 2.05) is 25.1 Å². The van der Waals surface area contributed by atoms with Crippen molar-refractivity contribution in [2.24, 2.45) is 0 Å². The average Bonchev–Trinajstić information content (AvgIpc) is 2.79. The lowest BCUT2D eigenvalue weighted by molar-refractivity contribution is -0.114. The van der Waals surface area contributed by atoms with Gasteiger partial charge in [-0.15, -0.1) is 0 Å². The Bertz CT molecular complexity index is 846. The van der Waals surface area contributed by atoms with Crippen molar-refractivity contribution in [3.63, 3.8) is 0 Å². The highest BCUT2D eigenvalue weighted by Gasteiger charge is 2.07. The van der Waals surface area contributed by atoms with E-state index >= 15 is 0 Å². The SMILES string of the molecule is CCCCCCCCCCNC(=O)c1ccc(NC(=O)CNc2ccc(C)c(C)c2)cc1. The Kier molecular flexibility index (Phi) is 11.4. The average molecular weight is 438 g/mol. The quantitative estimate of drug-likeness (QED) is 0.307.